The summed E-state index contributed by atoms with van der Waals surface area (Å²) in [4.78, 5) is 14.1. The van der Waals surface area contributed by atoms with E-state index in [1.54, 1.807) is 41.3 Å². The van der Waals surface area contributed by atoms with Gasteiger partial charge in [-0.1, -0.05) is 12.1 Å². The van der Waals surface area contributed by atoms with Gasteiger partial charge in [0.2, 0.25) is 0 Å². The Morgan fingerprint density at radius 1 is 1.08 bits per heavy atom. The maximum Gasteiger partial charge on any atom is 0.261 e. The number of anilines is 1. The molecule has 0 unspecified atom stereocenters. The third kappa shape index (κ3) is 4.51. The fourth-order valence-electron chi connectivity index (χ4n) is 2.39. The van der Waals surface area contributed by atoms with E-state index in [4.69, 9.17) is 4.74 Å². The van der Waals surface area contributed by atoms with Crippen LogP contribution in [-0.2, 0) is 10.0 Å². The van der Waals surface area contributed by atoms with Crippen molar-refractivity contribution in [1.29, 1.82) is 0 Å². The smallest absolute Gasteiger partial charge is 0.261 e. The number of methoxy groups -OCH3 is 1. The number of nitrogens with zero attached hydrogens (tertiary/aromatic N) is 1. The highest BCUT2D eigenvalue weighted by atomic mass is 32.2. The van der Waals surface area contributed by atoms with Gasteiger partial charge in [0.05, 0.1) is 17.7 Å². The number of nitrogens with one attached hydrogen (secondary N) is 1. The molecule has 0 heterocycles. The first-order valence-electron chi connectivity index (χ1n) is 7.97. The average Bonchev–Trinajstić information content (AvgIpc) is 2.62. The molecule has 0 spiro atoms. The lowest BCUT2D eigenvalue weighted by Crippen LogP contribution is -2.30. The van der Waals surface area contributed by atoms with Crippen molar-refractivity contribution in [1.82, 2.24) is 4.90 Å². The van der Waals surface area contributed by atoms with Gasteiger partial charge in [-0.3, -0.25) is 9.52 Å². The molecule has 0 saturated heterocycles. The molecule has 134 valence electrons. The molecule has 2 rings (SSSR count). The third-order valence-electron chi connectivity index (χ3n) is 3.76. The molecular weight excluding hydrogens is 340 g/mol. The van der Waals surface area contributed by atoms with Crippen LogP contribution in [0.3, 0.4) is 0 Å². The van der Waals surface area contributed by atoms with Gasteiger partial charge in [0, 0.05) is 24.7 Å². The van der Waals surface area contributed by atoms with Crippen LogP contribution in [0, 0.1) is 0 Å². The SMILES string of the molecule is CCN(CC)C(=O)c1cccc(S(=O)(=O)Nc2cccc(OC)c2)c1. The second kappa shape index (κ2) is 8.02. The van der Waals surface area contributed by atoms with Gasteiger partial charge in [-0.15, -0.1) is 0 Å². The average molecular weight is 362 g/mol. The summed E-state index contributed by atoms with van der Waals surface area (Å²) in [5.41, 5.74) is 0.733. The van der Waals surface area contributed by atoms with E-state index < -0.39 is 10.0 Å². The highest BCUT2D eigenvalue weighted by Gasteiger charge is 2.18. The minimum Gasteiger partial charge on any atom is -0.497 e. The summed E-state index contributed by atoms with van der Waals surface area (Å²) in [6.45, 7) is 4.89. The molecule has 0 aliphatic heterocycles. The zero-order valence-electron chi connectivity index (χ0n) is 14.5. The van der Waals surface area contributed by atoms with Gasteiger partial charge in [0.1, 0.15) is 5.75 Å². The molecule has 0 aromatic heterocycles. The van der Waals surface area contributed by atoms with Crippen molar-refractivity contribution in [3.63, 3.8) is 0 Å². The number of sulfonamides is 1. The van der Waals surface area contributed by atoms with E-state index in [0.29, 0.717) is 30.1 Å². The molecule has 0 aliphatic rings. The number of hydrogen-bond donors (Lipinski definition) is 1. The lowest BCUT2D eigenvalue weighted by Gasteiger charge is -2.19. The van der Waals surface area contributed by atoms with E-state index in [1.165, 1.54) is 19.2 Å². The van der Waals surface area contributed by atoms with Crippen LogP contribution in [0.2, 0.25) is 0 Å². The summed E-state index contributed by atoms with van der Waals surface area (Å²) in [5, 5.41) is 0. The maximum atomic E-state index is 12.6. The lowest BCUT2D eigenvalue weighted by atomic mass is 10.2. The first-order chi connectivity index (χ1) is 11.9. The topological polar surface area (TPSA) is 75.7 Å². The van der Waals surface area contributed by atoms with Gasteiger partial charge in [0.15, 0.2) is 0 Å². The Morgan fingerprint density at radius 2 is 1.76 bits per heavy atom. The molecule has 2 aromatic rings. The maximum absolute atomic E-state index is 12.6. The molecule has 0 bridgehead atoms. The van der Waals surface area contributed by atoms with Crippen molar-refractivity contribution in [2.75, 3.05) is 24.9 Å². The van der Waals surface area contributed by atoms with Crippen molar-refractivity contribution in [2.45, 2.75) is 18.7 Å². The zero-order chi connectivity index (χ0) is 18.4. The number of carbonyl (C=O) groups excluding carboxylic acids is 1. The van der Waals surface area contributed by atoms with Crippen molar-refractivity contribution >= 4 is 21.6 Å². The van der Waals surface area contributed by atoms with Crippen LogP contribution in [0.25, 0.3) is 0 Å². The Bertz CT molecular complexity index is 846. The molecule has 1 amide bonds. The standard InChI is InChI=1S/C18H22N2O4S/c1-4-20(5-2)18(21)14-8-6-11-17(12-14)25(22,23)19-15-9-7-10-16(13-15)24-3/h6-13,19H,4-5H2,1-3H3. The van der Waals surface area contributed by atoms with Crippen molar-refractivity contribution in [3.8, 4) is 5.75 Å². The van der Waals surface area contributed by atoms with Crippen LogP contribution < -0.4 is 9.46 Å². The van der Waals surface area contributed by atoms with Gasteiger partial charge in [-0.25, -0.2) is 8.42 Å². The largest absolute Gasteiger partial charge is 0.497 e. The minimum atomic E-state index is -3.81. The fourth-order valence-corrected chi connectivity index (χ4v) is 3.49. The van der Waals surface area contributed by atoms with Gasteiger partial charge < -0.3 is 9.64 Å². The molecule has 2 aromatic carbocycles. The number of hydrogen-bond acceptors (Lipinski definition) is 4. The normalized spacial score (nSPS) is 11.0. The summed E-state index contributed by atoms with van der Waals surface area (Å²) < 4.78 is 32.8. The molecule has 0 atom stereocenters. The summed E-state index contributed by atoms with van der Waals surface area (Å²) in [5.74, 6) is 0.356. The van der Waals surface area contributed by atoms with E-state index in [9.17, 15) is 13.2 Å². The van der Waals surface area contributed by atoms with Crippen molar-refractivity contribution in [2.24, 2.45) is 0 Å². The van der Waals surface area contributed by atoms with E-state index in [1.807, 2.05) is 13.8 Å². The molecule has 0 aliphatic carbocycles. The molecule has 7 heteroatoms. The highest BCUT2D eigenvalue weighted by molar-refractivity contribution is 7.92. The summed E-state index contributed by atoms with van der Waals surface area (Å²) >= 11 is 0. The Kier molecular flexibility index (Phi) is 6.03. The first kappa shape index (κ1) is 18.8. The minimum absolute atomic E-state index is 0.0355. The van der Waals surface area contributed by atoms with Crippen LogP contribution >= 0.6 is 0 Å². The van der Waals surface area contributed by atoms with Crippen molar-refractivity contribution in [3.05, 3.63) is 54.1 Å². The third-order valence-corrected chi connectivity index (χ3v) is 5.14. The van der Waals surface area contributed by atoms with E-state index in [2.05, 4.69) is 4.72 Å². The van der Waals surface area contributed by atoms with Crippen LogP contribution in [0.15, 0.2) is 53.4 Å². The Labute approximate surface area is 148 Å². The lowest BCUT2D eigenvalue weighted by molar-refractivity contribution is 0.0772. The summed E-state index contributed by atoms with van der Waals surface area (Å²) in [6.07, 6.45) is 0. The predicted octanol–water partition coefficient (Wildman–Crippen LogP) is 2.98. The van der Waals surface area contributed by atoms with Crippen LogP contribution in [0.4, 0.5) is 5.69 Å². The molecule has 0 radical (unpaired) electrons. The van der Waals surface area contributed by atoms with E-state index in [-0.39, 0.29) is 10.8 Å². The number of amides is 1. The second-order valence-electron chi connectivity index (χ2n) is 5.34. The Morgan fingerprint density at radius 3 is 2.40 bits per heavy atom. The highest BCUT2D eigenvalue weighted by Crippen LogP contribution is 2.21. The first-order valence-corrected chi connectivity index (χ1v) is 9.45. The van der Waals surface area contributed by atoms with Crippen LogP contribution in [-0.4, -0.2) is 39.4 Å². The number of benzene rings is 2. The zero-order valence-corrected chi connectivity index (χ0v) is 15.3. The van der Waals surface area contributed by atoms with Gasteiger partial charge in [-0.2, -0.15) is 0 Å². The second-order valence-corrected chi connectivity index (χ2v) is 7.03. The fraction of sp³-hybridized carbons (Fsp3) is 0.278. The quantitative estimate of drug-likeness (QED) is 0.822. The molecule has 0 saturated carbocycles. The van der Waals surface area contributed by atoms with Gasteiger partial charge in [-0.05, 0) is 44.2 Å². The Hall–Kier alpha value is -2.54. The molecular formula is C18H22N2O4S. The van der Waals surface area contributed by atoms with Crippen LogP contribution in [0.5, 0.6) is 5.75 Å². The molecule has 0 fully saturated rings. The van der Waals surface area contributed by atoms with E-state index >= 15 is 0 Å². The van der Waals surface area contributed by atoms with Gasteiger partial charge >= 0.3 is 0 Å². The predicted molar refractivity (Wildman–Crippen MR) is 97.5 cm³/mol. The number of rotatable bonds is 7. The van der Waals surface area contributed by atoms with Crippen LogP contribution in [0.1, 0.15) is 24.2 Å². The number of ether oxygens (including phenoxy) is 1. The molecule has 6 nitrogen and oxygen atoms in total. The van der Waals surface area contributed by atoms with E-state index in [0.717, 1.165) is 0 Å². The molecule has 1 N–H and O–H groups in total. The monoisotopic (exact) mass is 362 g/mol. The Balaban J connectivity index is 2.30. The number of carbonyl (C=O) groups is 1. The summed E-state index contributed by atoms with van der Waals surface area (Å²) in [7, 11) is -2.30. The molecule has 25 heavy (non-hydrogen) atoms. The summed E-state index contributed by atoms with van der Waals surface area (Å²) in [6, 6.07) is 12.7. The van der Waals surface area contributed by atoms with Crippen molar-refractivity contribution < 1.29 is 17.9 Å². The van der Waals surface area contributed by atoms with Gasteiger partial charge in [0.25, 0.3) is 15.9 Å².